The predicted molar refractivity (Wildman–Crippen MR) is 116 cm³/mol. The van der Waals surface area contributed by atoms with E-state index in [1.165, 1.54) is 50.3 Å². The fraction of sp³-hybridized carbons (Fsp3) is 0.565. The molecule has 0 fully saturated rings. The molecule has 0 atom stereocenters. The van der Waals surface area contributed by atoms with E-state index in [0.717, 1.165) is 25.7 Å². The molecule has 0 saturated carbocycles. The van der Waals surface area contributed by atoms with Crippen LogP contribution in [0.15, 0.2) is 56.6 Å². The standard InChI is InChI=1S/C23H38S/c1-10-13-18(8)22(23(24)17(6)7)15-20(12-3)19(9)21(14-11-2)16(4)5/h11,24H,2,10,12-15H2,1,3-9H3/b20-19+,22-18-. The van der Waals surface area contributed by atoms with Crippen LogP contribution in [0.1, 0.15) is 87.5 Å². The monoisotopic (exact) mass is 346 g/mol. The van der Waals surface area contributed by atoms with Crippen LogP contribution in [0.3, 0.4) is 0 Å². The molecule has 0 aromatic heterocycles. The van der Waals surface area contributed by atoms with Gasteiger partial charge in [-0.2, -0.15) is 0 Å². The van der Waals surface area contributed by atoms with E-state index in [4.69, 9.17) is 12.6 Å². The average Bonchev–Trinajstić information content (AvgIpc) is 2.52. The SMILES string of the molecule is C=CCC(=C(C)C)/C(C)=C(\CC)C/C(C(S)=C(C)C)=C(\C)CCC. The lowest BCUT2D eigenvalue weighted by molar-refractivity contribution is 0.872. The van der Waals surface area contributed by atoms with Gasteiger partial charge in [0.15, 0.2) is 0 Å². The zero-order valence-corrected chi connectivity index (χ0v) is 18.2. The van der Waals surface area contributed by atoms with Gasteiger partial charge in [-0.15, -0.1) is 19.2 Å². The lowest BCUT2D eigenvalue weighted by Crippen LogP contribution is -2.00. The Morgan fingerprint density at radius 3 is 1.88 bits per heavy atom. The minimum Gasteiger partial charge on any atom is -0.143 e. The topological polar surface area (TPSA) is 0 Å². The first-order valence-corrected chi connectivity index (χ1v) is 9.67. The third-order valence-corrected chi connectivity index (χ3v) is 5.37. The van der Waals surface area contributed by atoms with Crippen molar-refractivity contribution >= 4 is 12.6 Å². The van der Waals surface area contributed by atoms with Crippen molar-refractivity contribution in [2.24, 2.45) is 0 Å². The molecule has 0 N–H and O–H groups in total. The van der Waals surface area contributed by atoms with Gasteiger partial charge in [0.2, 0.25) is 0 Å². The molecule has 0 rings (SSSR count). The molecule has 0 bridgehead atoms. The van der Waals surface area contributed by atoms with Crippen molar-refractivity contribution in [3.05, 3.63) is 56.6 Å². The molecule has 0 unspecified atom stereocenters. The van der Waals surface area contributed by atoms with Crippen LogP contribution in [0.4, 0.5) is 0 Å². The van der Waals surface area contributed by atoms with Crippen LogP contribution in [0.5, 0.6) is 0 Å². The zero-order chi connectivity index (χ0) is 18.9. The second-order valence-electron chi connectivity index (χ2n) is 7.09. The number of rotatable bonds is 9. The van der Waals surface area contributed by atoms with Gasteiger partial charge >= 0.3 is 0 Å². The Morgan fingerprint density at radius 1 is 0.917 bits per heavy atom. The number of hydrogen-bond donors (Lipinski definition) is 1. The van der Waals surface area contributed by atoms with E-state index >= 15 is 0 Å². The third-order valence-electron chi connectivity index (χ3n) is 4.65. The lowest BCUT2D eigenvalue weighted by Gasteiger charge is -2.19. The zero-order valence-electron chi connectivity index (χ0n) is 17.3. The molecule has 0 nitrogen and oxygen atoms in total. The Morgan fingerprint density at radius 2 is 1.50 bits per heavy atom. The van der Waals surface area contributed by atoms with E-state index in [9.17, 15) is 0 Å². The summed E-state index contributed by atoms with van der Waals surface area (Å²) in [5.74, 6) is 0. The number of hydrogen-bond acceptors (Lipinski definition) is 1. The lowest BCUT2D eigenvalue weighted by atomic mass is 9.88. The molecule has 0 saturated heterocycles. The van der Waals surface area contributed by atoms with Crippen LogP contribution in [-0.4, -0.2) is 0 Å². The fourth-order valence-electron chi connectivity index (χ4n) is 3.09. The smallest absolute Gasteiger partial charge is 0.00611 e. The molecule has 0 spiro atoms. The molecule has 0 aromatic carbocycles. The summed E-state index contributed by atoms with van der Waals surface area (Å²) in [4.78, 5) is 1.17. The summed E-state index contributed by atoms with van der Waals surface area (Å²) < 4.78 is 0. The van der Waals surface area contributed by atoms with Gasteiger partial charge in [-0.3, -0.25) is 0 Å². The second kappa shape index (κ2) is 11.6. The van der Waals surface area contributed by atoms with Gasteiger partial charge in [0, 0.05) is 4.91 Å². The van der Waals surface area contributed by atoms with Crippen molar-refractivity contribution in [1.29, 1.82) is 0 Å². The van der Waals surface area contributed by atoms with Crippen LogP contribution in [0, 0.1) is 0 Å². The molecule has 0 aliphatic rings. The Bertz CT molecular complexity index is 557. The summed E-state index contributed by atoms with van der Waals surface area (Å²) in [5.41, 5.74) is 9.98. The van der Waals surface area contributed by atoms with Crippen molar-refractivity contribution in [1.82, 2.24) is 0 Å². The van der Waals surface area contributed by atoms with Gasteiger partial charge in [0.05, 0.1) is 0 Å². The van der Waals surface area contributed by atoms with E-state index in [-0.39, 0.29) is 0 Å². The molecular formula is C23H38S. The van der Waals surface area contributed by atoms with Crippen molar-refractivity contribution in [3.63, 3.8) is 0 Å². The molecule has 24 heavy (non-hydrogen) atoms. The van der Waals surface area contributed by atoms with Crippen molar-refractivity contribution in [3.8, 4) is 0 Å². The number of thiol groups is 1. The maximum atomic E-state index is 4.84. The summed E-state index contributed by atoms with van der Waals surface area (Å²) in [6, 6.07) is 0. The maximum Gasteiger partial charge on any atom is 0.00611 e. The minimum absolute atomic E-state index is 0.945. The minimum atomic E-state index is 0.945. The summed E-state index contributed by atoms with van der Waals surface area (Å²) in [5, 5.41) is 0. The first-order chi connectivity index (χ1) is 11.2. The summed E-state index contributed by atoms with van der Waals surface area (Å²) >= 11 is 4.84. The Labute approximate surface area is 156 Å². The molecule has 136 valence electrons. The van der Waals surface area contributed by atoms with Crippen LogP contribution < -0.4 is 0 Å². The highest BCUT2D eigenvalue weighted by molar-refractivity contribution is 7.84. The Hall–Kier alpha value is -0.950. The van der Waals surface area contributed by atoms with Gasteiger partial charge < -0.3 is 0 Å². The molecule has 0 heterocycles. The molecule has 0 amide bonds. The van der Waals surface area contributed by atoms with Crippen LogP contribution in [0.25, 0.3) is 0 Å². The summed E-state index contributed by atoms with van der Waals surface area (Å²) in [7, 11) is 0. The average molecular weight is 347 g/mol. The molecule has 0 aromatic rings. The van der Waals surface area contributed by atoms with E-state index < -0.39 is 0 Å². The maximum absolute atomic E-state index is 4.84. The van der Waals surface area contributed by atoms with E-state index in [0.29, 0.717) is 0 Å². The normalized spacial score (nSPS) is 13.0. The quantitative estimate of drug-likeness (QED) is 0.242. The van der Waals surface area contributed by atoms with Gasteiger partial charge in [-0.25, -0.2) is 0 Å². The van der Waals surface area contributed by atoms with E-state index in [1.54, 1.807) is 0 Å². The Balaban J connectivity index is 6.11. The molecule has 0 aliphatic carbocycles. The van der Waals surface area contributed by atoms with Gasteiger partial charge in [0.1, 0.15) is 0 Å². The molecule has 1 heteroatoms. The highest BCUT2D eigenvalue weighted by atomic mass is 32.1. The first kappa shape index (κ1) is 23.1. The molecular weight excluding hydrogens is 308 g/mol. The summed E-state index contributed by atoms with van der Waals surface area (Å²) in [6.45, 7) is 21.7. The van der Waals surface area contributed by atoms with E-state index in [2.05, 4.69) is 62.0 Å². The van der Waals surface area contributed by atoms with Crippen LogP contribution >= 0.6 is 12.6 Å². The molecule has 0 radical (unpaired) electrons. The van der Waals surface area contributed by atoms with Crippen LogP contribution in [-0.2, 0) is 0 Å². The van der Waals surface area contributed by atoms with Crippen LogP contribution in [0.2, 0.25) is 0 Å². The van der Waals surface area contributed by atoms with Gasteiger partial charge in [0.25, 0.3) is 0 Å². The molecule has 0 aliphatic heterocycles. The van der Waals surface area contributed by atoms with Gasteiger partial charge in [-0.1, -0.05) is 48.6 Å². The van der Waals surface area contributed by atoms with Gasteiger partial charge in [-0.05, 0) is 83.9 Å². The largest absolute Gasteiger partial charge is 0.143 e. The fourth-order valence-corrected chi connectivity index (χ4v) is 3.36. The van der Waals surface area contributed by atoms with Crippen molar-refractivity contribution < 1.29 is 0 Å². The Kier molecular flexibility index (Phi) is 11.1. The highest BCUT2D eigenvalue weighted by Crippen LogP contribution is 2.34. The summed E-state index contributed by atoms with van der Waals surface area (Å²) in [6.07, 6.45) is 7.36. The van der Waals surface area contributed by atoms with Crippen molar-refractivity contribution in [2.75, 3.05) is 0 Å². The third kappa shape index (κ3) is 6.89. The second-order valence-corrected chi connectivity index (χ2v) is 7.53. The number of allylic oxidation sites excluding steroid dienone is 8. The van der Waals surface area contributed by atoms with E-state index in [1.807, 2.05) is 6.08 Å². The highest BCUT2D eigenvalue weighted by Gasteiger charge is 2.13. The first-order valence-electron chi connectivity index (χ1n) is 9.22. The predicted octanol–water partition coefficient (Wildman–Crippen LogP) is 8.36. The van der Waals surface area contributed by atoms with Crippen molar-refractivity contribution in [2.45, 2.75) is 87.5 Å².